The molecule has 0 saturated carbocycles. The van der Waals surface area contributed by atoms with E-state index in [9.17, 15) is 22.8 Å². The Labute approximate surface area is 205 Å². The molecule has 1 amide bonds. The third kappa shape index (κ3) is 5.18. The van der Waals surface area contributed by atoms with Gasteiger partial charge in [-0.15, -0.1) is 5.10 Å². The molecule has 2 aromatic rings. The average molecular weight is 502 g/mol. The summed E-state index contributed by atoms with van der Waals surface area (Å²) in [5.74, 6) is -0.533. The number of hydrogen-bond donors (Lipinski definition) is 0. The van der Waals surface area contributed by atoms with Crippen molar-refractivity contribution in [1.29, 1.82) is 0 Å². The van der Waals surface area contributed by atoms with Crippen LogP contribution in [-0.2, 0) is 28.7 Å². The van der Waals surface area contributed by atoms with Crippen molar-refractivity contribution in [2.75, 3.05) is 32.7 Å². The molecule has 1 saturated heterocycles. The Hall–Kier alpha value is -3.54. The summed E-state index contributed by atoms with van der Waals surface area (Å²) in [5.41, 5.74) is 0.736. The van der Waals surface area contributed by atoms with Gasteiger partial charge in [0.15, 0.2) is 0 Å². The highest BCUT2D eigenvalue weighted by Crippen LogP contribution is 2.36. The number of amides is 1. The van der Waals surface area contributed by atoms with Crippen LogP contribution in [0.3, 0.4) is 0 Å². The van der Waals surface area contributed by atoms with Crippen LogP contribution in [0.1, 0.15) is 39.9 Å². The Morgan fingerprint density at radius 2 is 1.97 bits per heavy atom. The van der Waals surface area contributed by atoms with Gasteiger partial charge in [-0.3, -0.25) is 9.69 Å². The molecule has 0 spiro atoms. The second-order valence-electron chi connectivity index (χ2n) is 9.16. The highest BCUT2D eigenvalue weighted by atomic mass is 19.4. The van der Waals surface area contributed by atoms with Gasteiger partial charge in [0.25, 0.3) is 0 Å². The van der Waals surface area contributed by atoms with Crippen LogP contribution in [0.2, 0.25) is 0 Å². The van der Waals surface area contributed by atoms with Crippen molar-refractivity contribution in [2.24, 2.45) is 5.92 Å². The zero-order valence-electron chi connectivity index (χ0n) is 19.4. The molecule has 1 aromatic carbocycles. The number of tetrazole rings is 1. The fourth-order valence-electron chi connectivity index (χ4n) is 4.80. The number of piperazine rings is 1. The number of carbonyl (C=O) groups excluding carboxylic acids is 2. The molecule has 0 unspecified atom stereocenters. The van der Waals surface area contributed by atoms with E-state index in [1.54, 1.807) is 4.68 Å². The third-order valence-electron chi connectivity index (χ3n) is 6.85. The molecule has 190 valence electrons. The van der Waals surface area contributed by atoms with Gasteiger partial charge in [-0.1, -0.05) is 18.2 Å². The molecule has 1 aromatic heterocycles. The average Bonchev–Trinajstić information content (AvgIpc) is 3.53. The molecule has 0 bridgehead atoms. The van der Waals surface area contributed by atoms with Gasteiger partial charge in [-0.2, -0.15) is 13.2 Å². The number of alkyl halides is 3. The first kappa shape index (κ1) is 24.2. The fourth-order valence-corrected chi connectivity index (χ4v) is 4.80. The number of carbonyl (C=O) groups is 2. The summed E-state index contributed by atoms with van der Waals surface area (Å²) in [4.78, 5) is 28.4. The number of fused-ring (bicyclic) bond motifs is 1. The van der Waals surface area contributed by atoms with Gasteiger partial charge in [-0.25, -0.2) is 9.48 Å². The minimum Gasteiger partial charge on any atom is -0.457 e. The highest BCUT2D eigenvalue weighted by Gasteiger charge is 2.36. The zero-order chi connectivity index (χ0) is 25.3. The largest absolute Gasteiger partial charge is 0.457 e. The van der Waals surface area contributed by atoms with E-state index < -0.39 is 17.7 Å². The van der Waals surface area contributed by atoms with Crippen molar-refractivity contribution < 1.29 is 27.5 Å². The molecule has 1 aliphatic carbocycles. The van der Waals surface area contributed by atoms with Crippen molar-refractivity contribution in [2.45, 2.75) is 32.0 Å². The first-order valence-corrected chi connectivity index (χ1v) is 11.8. The monoisotopic (exact) mass is 502 g/mol. The number of aromatic nitrogens is 4. The lowest BCUT2D eigenvalue weighted by Gasteiger charge is -2.35. The predicted octanol–water partition coefficient (Wildman–Crippen LogP) is 2.56. The van der Waals surface area contributed by atoms with E-state index in [1.807, 2.05) is 23.1 Å². The van der Waals surface area contributed by atoms with Crippen LogP contribution in [0, 0.1) is 5.92 Å². The molecule has 36 heavy (non-hydrogen) atoms. The lowest BCUT2D eigenvalue weighted by atomic mass is 9.95. The first-order chi connectivity index (χ1) is 17.3. The van der Waals surface area contributed by atoms with Crippen LogP contribution in [-0.4, -0.2) is 74.6 Å². The number of cyclic esters (lactones) is 1. The Morgan fingerprint density at radius 3 is 2.64 bits per heavy atom. The van der Waals surface area contributed by atoms with Gasteiger partial charge < -0.3 is 9.64 Å². The number of rotatable bonds is 6. The van der Waals surface area contributed by atoms with Crippen molar-refractivity contribution in [3.63, 3.8) is 0 Å². The number of nitrogens with zero attached hydrogens (tertiary/aromatic N) is 6. The molecule has 12 heteroatoms. The van der Waals surface area contributed by atoms with Crippen LogP contribution in [0.25, 0.3) is 5.70 Å². The molecule has 2 aliphatic heterocycles. The van der Waals surface area contributed by atoms with Crippen LogP contribution >= 0.6 is 0 Å². The third-order valence-corrected chi connectivity index (χ3v) is 6.85. The highest BCUT2D eigenvalue weighted by molar-refractivity contribution is 5.93. The molecule has 0 radical (unpaired) electrons. The van der Waals surface area contributed by atoms with Crippen molar-refractivity contribution in [3.8, 4) is 0 Å². The van der Waals surface area contributed by atoms with Gasteiger partial charge in [0.1, 0.15) is 12.9 Å². The normalized spacial score (nSPS) is 20.3. The maximum absolute atomic E-state index is 13.6. The van der Waals surface area contributed by atoms with Crippen LogP contribution < -0.4 is 0 Å². The maximum atomic E-state index is 13.6. The van der Waals surface area contributed by atoms with E-state index in [2.05, 4.69) is 20.4 Å². The topological polar surface area (TPSA) is 93.5 Å². The second-order valence-corrected chi connectivity index (χ2v) is 9.16. The Bertz CT molecular complexity index is 1200. The fraction of sp³-hybridized carbons (Fsp3) is 0.458. The van der Waals surface area contributed by atoms with Gasteiger partial charge in [-0.05, 0) is 46.9 Å². The summed E-state index contributed by atoms with van der Waals surface area (Å²) in [6.45, 7) is 2.73. The summed E-state index contributed by atoms with van der Waals surface area (Å²) >= 11 is 0. The van der Waals surface area contributed by atoms with Crippen LogP contribution in [0.5, 0.6) is 0 Å². The van der Waals surface area contributed by atoms with Gasteiger partial charge in [0.2, 0.25) is 5.91 Å². The minimum absolute atomic E-state index is 0.00499. The Kier molecular flexibility index (Phi) is 6.61. The lowest BCUT2D eigenvalue weighted by molar-refractivity contribution is -0.138. The quantitative estimate of drug-likeness (QED) is 0.561. The van der Waals surface area contributed by atoms with Crippen molar-refractivity contribution in [1.82, 2.24) is 30.0 Å². The zero-order valence-corrected chi connectivity index (χ0v) is 19.4. The van der Waals surface area contributed by atoms with Crippen LogP contribution in [0.15, 0.2) is 36.7 Å². The minimum atomic E-state index is -4.55. The molecule has 1 fully saturated rings. The SMILES string of the molecule is O=C1OCc2cc(CCN3CCN(C(=O)C[C@@H]4C=CC(n5cnnn5)=CC4)CC3)c(C(F)(F)F)cc21. The lowest BCUT2D eigenvalue weighted by Crippen LogP contribution is -2.49. The van der Waals surface area contributed by atoms with Crippen molar-refractivity contribution >= 4 is 17.6 Å². The molecular weight excluding hydrogens is 477 g/mol. The number of allylic oxidation sites excluding steroid dienone is 4. The molecule has 5 rings (SSSR count). The van der Waals surface area contributed by atoms with E-state index in [-0.39, 0.29) is 36.0 Å². The molecule has 9 nitrogen and oxygen atoms in total. The second kappa shape index (κ2) is 9.84. The standard InChI is InChI=1S/C24H25F3N6O3/c25-24(26,27)21-13-20-18(14-36-23(20)35)12-17(21)5-6-31-7-9-32(10-8-31)22(34)11-16-1-3-19(4-2-16)33-15-28-29-30-33/h1,3-4,12-13,15-16H,2,5-11,14H2/t16-/m1/s1. The number of esters is 1. The van der Waals surface area contributed by atoms with E-state index in [0.717, 1.165) is 18.2 Å². The maximum Gasteiger partial charge on any atom is 0.416 e. The van der Waals surface area contributed by atoms with E-state index >= 15 is 0 Å². The Balaban J connectivity index is 1.11. The van der Waals surface area contributed by atoms with Crippen molar-refractivity contribution in [3.05, 3.63) is 58.9 Å². The Morgan fingerprint density at radius 1 is 1.17 bits per heavy atom. The summed E-state index contributed by atoms with van der Waals surface area (Å²) in [6, 6.07) is 2.36. The van der Waals surface area contributed by atoms with E-state index in [1.165, 1.54) is 12.4 Å². The molecular formula is C24H25F3N6O3. The molecule has 0 N–H and O–H groups in total. The predicted molar refractivity (Wildman–Crippen MR) is 121 cm³/mol. The van der Waals surface area contributed by atoms with E-state index in [0.29, 0.717) is 44.7 Å². The summed E-state index contributed by atoms with van der Waals surface area (Å²) in [5, 5.41) is 11.1. The van der Waals surface area contributed by atoms with E-state index in [4.69, 9.17) is 4.74 Å². The van der Waals surface area contributed by atoms with Gasteiger partial charge in [0.05, 0.1) is 16.8 Å². The van der Waals surface area contributed by atoms with Gasteiger partial charge in [0, 0.05) is 44.7 Å². The van der Waals surface area contributed by atoms with Gasteiger partial charge >= 0.3 is 12.1 Å². The smallest absolute Gasteiger partial charge is 0.416 e. The number of hydrogen-bond acceptors (Lipinski definition) is 7. The summed E-state index contributed by atoms with van der Waals surface area (Å²) in [7, 11) is 0. The molecule has 3 aliphatic rings. The number of ether oxygens (including phenoxy) is 1. The van der Waals surface area contributed by atoms with Crippen LogP contribution in [0.4, 0.5) is 13.2 Å². The first-order valence-electron chi connectivity index (χ1n) is 11.8. The molecule has 1 atom stereocenters. The number of benzene rings is 1. The number of halogens is 3. The summed E-state index contributed by atoms with van der Waals surface area (Å²) < 4.78 is 47.3. The summed E-state index contributed by atoms with van der Waals surface area (Å²) in [6.07, 6.45) is 4.20. The molecule has 3 heterocycles.